The maximum Gasteiger partial charge on any atom is 0.113 e. The third-order valence-electron chi connectivity index (χ3n) is 4.22. The quantitative estimate of drug-likeness (QED) is 0.916. The zero-order chi connectivity index (χ0) is 13.4. The van der Waals surface area contributed by atoms with Gasteiger partial charge in [0.15, 0.2) is 0 Å². The molecule has 2 aromatic rings. The Kier molecular flexibility index (Phi) is 3.31. The lowest BCUT2D eigenvalue weighted by Crippen LogP contribution is -2.15. The Bertz CT molecular complexity index is 585. The van der Waals surface area contributed by atoms with Gasteiger partial charge < -0.3 is 10.3 Å². The minimum absolute atomic E-state index is 0.363. The highest BCUT2D eigenvalue weighted by atomic mass is 15.1. The van der Waals surface area contributed by atoms with Crippen LogP contribution < -0.4 is 5.73 Å². The first kappa shape index (κ1) is 12.7. The van der Waals surface area contributed by atoms with Crippen LogP contribution in [0.2, 0.25) is 0 Å². The third-order valence-corrected chi connectivity index (χ3v) is 4.22. The number of nitrogens with zero attached hydrogens (tertiary/aromatic N) is 2. The van der Waals surface area contributed by atoms with E-state index in [4.69, 9.17) is 10.7 Å². The Labute approximate surface area is 114 Å². The fourth-order valence-corrected chi connectivity index (χ4v) is 3.28. The maximum atomic E-state index is 6.07. The molecule has 19 heavy (non-hydrogen) atoms. The van der Waals surface area contributed by atoms with E-state index in [9.17, 15) is 0 Å². The van der Waals surface area contributed by atoms with Crippen molar-refractivity contribution in [2.75, 3.05) is 0 Å². The second-order valence-electron chi connectivity index (χ2n) is 5.88. The number of benzene rings is 1. The summed E-state index contributed by atoms with van der Waals surface area (Å²) in [5.74, 6) is 1.81. The van der Waals surface area contributed by atoms with Gasteiger partial charge in [0.2, 0.25) is 0 Å². The van der Waals surface area contributed by atoms with Crippen LogP contribution in [-0.2, 0) is 6.54 Å². The van der Waals surface area contributed by atoms with Gasteiger partial charge in [-0.3, -0.25) is 0 Å². The summed E-state index contributed by atoms with van der Waals surface area (Å²) in [4.78, 5) is 4.92. The fourth-order valence-electron chi connectivity index (χ4n) is 3.28. The van der Waals surface area contributed by atoms with E-state index in [1.54, 1.807) is 0 Å². The summed E-state index contributed by atoms with van der Waals surface area (Å²) in [7, 11) is 0. The van der Waals surface area contributed by atoms with E-state index in [-0.39, 0.29) is 0 Å². The Morgan fingerprint density at radius 3 is 2.89 bits per heavy atom. The molecule has 0 bridgehead atoms. The largest absolute Gasteiger partial charge is 0.328 e. The number of hydrogen-bond acceptors (Lipinski definition) is 2. The Morgan fingerprint density at radius 1 is 1.37 bits per heavy atom. The van der Waals surface area contributed by atoms with E-state index >= 15 is 0 Å². The molecular weight excluding hydrogens is 234 g/mol. The molecule has 3 rings (SSSR count). The van der Waals surface area contributed by atoms with Gasteiger partial charge in [-0.1, -0.05) is 13.0 Å². The van der Waals surface area contributed by atoms with Crippen LogP contribution in [0.5, 0.6) is 0 Å². The zero-order valence-electron chi connectivity index (χ0n) is 11.9. The molecule has 1 aliphatic carbocycles. The first-order chi connectivity index (χ1) is 9.19. The minimum atomic E-state index is 0.363. The number of nitrogens with two attached hydrogens (primary N) is 1. The average molecular weight is 257 g/mol. The van der Waals surface area contributed by atoms with Crippen LogP contribution in [0.3, 0.4) is 0 Å². The minimum Gasteiger partial charge on any atom is -0.328 e. The maximum absolute atomic E-state index is 6.07. The van der Waals surface area contributed by atoms with E-state index in [0.29, 0.717) is 12.0 Å². The Balaban J connectivity index is 2.09. The molecule has 2 atom stereocenters. The van der Waals surface area contributed by atoms with Crippen LogP contribution in [0, 0.1) is 6.92 Å². The van der Waals surface area contributed by atoms with Gasteiger partial charge >= 0.3 is 0 Å². The van der Waals surface area contributed by atoms with Crippen LogP contribution in [0.25, 0.3) is 11.0 Å². The molecular formula is C16H23N3. The van der Waals surface area contributed by atoms with Crippen molar-refractivity contribution in [1.82, 2.24) is 9.55 Å². The fraction of sp³-hybridized carbons (Fsp3) is 0.562. The molecule has 1 aromatic heterocycles. The van der Waals surface area contributed by atoms with E-state index in [0.717, 1.165) is 31.3 Å². The molecule has 1 saturated carbocycles. The lowest BCUT2D eigenvalue weighted by atomic mass is 10.1. The summed E-state index contributed by atoms with van der Waals surface area (Å²) in [6, 6.07) is 6.95. The van der Waals surface area contributed by atoms with Crippen molar-refractivity contribution in [2.24, 2.45) is 5.73 Å². The normalized spacial score (nSPS) is 23.3. The molecule has 1 aliphatic rings. The van der Waals surface area contributed by atoms with Crippen molar-refractivity contribution < 1.29 is 0 Å². The average Bonchev–Trinajstić information content (AvgIpc) is 2.94. The van der Waals surface area contributed by atoms with Crippen LogP contribution in [-0.4, -0.2) is 15.6 Å². The molecule has 1 aromatic carbocycles. The molecule has 1 heterocycles. The molecule has 0 radical (unpaired) electrons. The number of aromatic nitrogens is 2. The first-order valence-corrected chi connectivity index (χ1v) is 7.41. The summed E-state index contributed by atoms with van der Waals surface area (Å²) >= 11 is 0. The molecule has 0 saturated heterocycles. The second-order valence-corrected chi connectivity index (χ2v) is 5.88. The van der Waals surface area contributed by atoms with Gasteiger partial charge in [0.1, 0.15) is 5.82 Å². The summed E-state index contributed by atoms with van der Waals surface area (Å²) < 4.78 is 2.41. The Morgan fingerprint density at radius 2 is 2.21 bits per heavy atom. The molecule has 1 fully saturated rings. The number of aryl methyl sites for hydroxylation is 2. The highest BCUT2D eigenvalue weighted by Gasteiger charge is 2.27. The summed E-state index contributed by atoms with van der Waals surface area (Å²) in [5, 5.41) is 0. The molecule has 0 amide bonds. The van der Waals surface area contributed by atoms with Gasteiger partial charge in [-0.15, -0.1) is 0 Å². The molecule has 2 N–H and O–H groups in total. The van der Waals surface area contributed by atoms with E-state index in [1.807, 2.05) is 0 Å². The predicted octanol–water partition coefficient (Wildman–Crippen LogP) is 3.35. The number of fused-ring (bicyclic) bond motifs is 1. The lowest BCUT2D eigenvalue weighted by Gasteiger charge is -2.13. The summed E-state index contributed by atoms with van der Waals surface area (Å²) in [5.41, 5.74) is 9.77. The van der Waals surface area contributed by atoms with Crippen LogP contribution in [0.4, 0.5) is 0 Å². The highest BCUT2D eigenvalue weighted by molar-refractivity contribution is 5.77. The number of rotatable bonds is 3. The summed E-state index contributed by atoms with van der Waals surface area (Å²) in [6.45, 7) is 5.41. The van der Waals surface area contributed by atoms with Crippen molar-refractivity contribution in [2.45, 2.75) is 58.0 Å². The first-order valence-electron chi connectivity index (χ1n) is 7.41. The third kappa shape index (κ3) is 2.27. The Hall–Kier alpha value is -1.35. The monoisotopic (exact) mass is 257 g/mol. The van der Waals surface area contributed by atoms with Gasteiger partial charge in [0.25, 0.3) is 0 Å². The van der Waals surface area contributed by atoms with Crippen molar-refractivity contribution in [3.63, 3.8) is 0 Å². The van der Waals surface area contributed by atoms with Crippen molar-refractivity contribution in [3.8, 4) is 0 Å². The van der Waals surface area contributed by atoms with Crippen molar-refractivity contribution in [1.29, 1.82) is 0 Å². The van der Waals surface area contributed by atoms with Crippen LogP contribution in [0.15, 0.2) is 18.2 Å². The smallest absolute Gasteiger partial charge is 0.113 e. The van der Waals surface area contributed by atoms with Gasteiger partial charge in [-0.2, -0.15) is 0 Å². The van der Waals surface area contributed by atoms with E-state index < -0.39 is 0 Å². The number of hydrogen-bond donors (Lipinski definition) is 1. The zero-order valence-corrected chi connectivity index (χ0v) is 11.9. The molecule has 102 valence electrons. The highest BCUT2D eigenvalue weighted by Crippen LogP contribution is 2.35. The van der Waals surface area contributed by atoms with Gasteiger partial charge in [0, 0.05) is 18.5 Å². The topological polar surface area (TPSA) is 43.8 Å². The van der Waals surface area contributed by atoms with Gasteiger partial charge in [0.05, 0.1) is 11.0 Å². The number of imidazole rings is 1. The van der Waals surface area contributed by atoms with Crippen LogP contribution in [0.1, 0.15) is 49.9 Å². The summed E-state index contributed by atoms with van der Waals surface area (Å²) in [6.07, 6.45) is 4.56. The van der Waals surface area contributed by atoms with Gasteiger partial charge in [-0.25, -0.2) is 4.98 Å². The van der Waals surface area contributed by atoms with Crippen molar-refractivity contribution in [3.05, 3.63) is 29.6 Å². The van der Waals surface area contributed by atoms with E-state index in [2.05, 4.69) is 36.6 Å². The van der Waals surface area contributed by atoms with Crippen LogP contribution >= 0.6 is 0 Å². The van der Waals surface area contributed by atoms with Crippen molar-refractivity contribution >= 4 is 11.0 Å². The standard InChI is InChI=1S/C16H23N3/c1-3-8-19-15-7-4-11(2)9-14(15)18-16(19)12-5-6-13(17)10-12/h4,7,9,12-13H,3,5-6,8,10,17H2,1-2H3. The molecule has 3 heteroatoms. The molecule has 2 unspecified atom stereocenters. The lowest BCUT2D eigenvalue weighted by molar-refractivity contribution is 0.577. The van der Waals surface area contributed by atoms with Gasteiger partial charge in [-0.05, 0) is 50.3 Å². The molecule has 0 spiro atoms. The molecule has 3 nitrogen and oxygen atoms in total. The SMILES string of the molecule is CCCn1c(C2CCC(N)C2)nc2cc(C)ccc21. The molecule has 0 aliphatic heterocycles. The van der Waals surface area contributed by atoms with E-state index in [1.165, 1.54) is 23.3 Å². The predicted molar refractivity (Wildman–Crippen MR) is 79.3 cm³/mol. The second kappa shape index (κ2) is 4.97.